The minimum Gasteiger partial charge on any atom is -0.481 e. The molecule has 2 unspecified atom stereocenters. The number of carbonyl (C=O) groups excluding carboxylic acids is 1. The number of nitrogens with one attached hydrogen (secondary N) is 2. The van der Waals surface area contributed by atoms with Gasteiger partial charge in [0.1, 0.15) is 0 Å². The zero-order valence-electron chi connectivity index (χ0n) is 11.7. The molecule has 0 aliphatic heterocycles. The van der Waals surface area contributed by atoms with Gasteiger partial charge in [0.2, 0.25) is 5.91 Å². The van der Waals surface area contributed by atoms with E-state index in [9.17, 15) is 14.7 Å². The van der Waals surface area contributed by atoms with Gasteiger partial charge in [-0.2, -0.15) is 0 Å². The minimum atomic E-state index is -0.847. The summed E-state index contributed by atoms with van der Waals surface area (Å²) in [7, 11) is 1.60. The second-order valence-electron chi connectivity index (χ2n) is 5.26. The van der Waals surface area contributed by atoms with E-state index < -0.39 is 11.4 Å². The van der Waals surface area contributed by atoms with Crippen molar-refractivity contribution in [2.45, 2.75) is 38.6 Å². The largest absolute Gasteiger partial charge is 0.481 e. The van der Waals surface area contributed by atoms with E-state index in [0.29, 0.717) is 19.6 Å². The van der Waals surface area contributed by atoms with E-state index in [-0.39, 0.29) is 18.5 Å². The second kappa shape index (κ2) is 7.45. The van der Waals surface area contributed by atoms with Crippen LogP contribution in [0.15, 0.2) is 0 Å². The van der Waals surface area contributed by atoms with Crippen molar-refractivity contribution >= 4 is 11.9 Å². The van der Waals surface area contributed by atoms with Gasteiger partial charge in [0.25, 0.3) is 0 Å². The van der Waals surface area contributed by atoms with Crippen LogP contribution < -0.4 is 10.6 Å². The van der Waals surface area contributed by atoms with Crippen LogP contribution in [-0.4, -0.2) is 49.8 Å². The Balaban J connectivity index is 2.44. The summed E-state index contributed by atoms with van der Waals surface area (Å²) < 4.78 is 4.87. The van der Waals surface area contributed by atoms with E-state index >= 15 is 0 Å². The summed E-state index contributed by atoms with van der Waals surface area (Å²) in [6.07, 6.45) is 3.21. The smallest absolute Gasteiger partial charge is 0.311 e. The number of methoxy groups -OCH3 is 1. The molecule has 6 heteroatoms. The van der Waals surface area contributed by atoms with Crippen LogP contribution in [-0.2, 0) is 14.3 Å². The number of rotatable bonds is 7. The highest BCUT2D eigenvalue weighted by Gasteiger charge is 2.43. The van der Waals surface area contributed by atoms with Crippen molar-refractivity contribution in [1.29, 1.82) is 0 Å². The molecular formula is C13H24N2O4. The molecule has 0 heterocycles. The molecule has 1 amide bonds. The van der Waals surface area contributed by atoms with Crippen molar-refractivity contribution in [3.8, 4) is 0 Å². The first-order valence-corrected chi connectivity index (χ1v) is 6.73. The van der Waals surface area contributed by atoms with E-state index in [1.54, 1.807) is 14.0 Å². The van der Waals surface area contributed by atoms with E-state index in [1.165, 1.54) is 0 Å². The van der Waals surface area contributed by atoms with Crippen LogP contribution >= 0.6 is 0 Å². The molecule has 0 radical (unpaired) electrons. The maximum atomic E-state index is 11.8. The number of aliphatic carboxylic acids is 1. The Morgan fingerprint density at radius 3 is 2.79 bits per heavy atom. The lowest BCUT2D eigenvalue weighted by atomic mass is 9.71. The molecule has 0 bridgehead atoms. The van der Waals surface area contributed by atoms with E-state index in [1.807, 2.05) is 0 Å². The number of amides is 1. The SMILES string of the molecule is COCCNCC(=O)NC1CCCCC1(C)C(=O)O. The van der Waals surface area contributed by atoms with Crippen LogP contribution in [0, 0.1) is 5.41 Å². The maximum Gasteiger partial charge on any atom is 0.311 e. The normalized spacial score (nSPS) is 26.9. The van der Waals surface area contributed by atoms with Crippen LogP contribution in [0.5, 0.6) is 0 Å². The summed E-state index contributed by atoms with van der Waals surface area (Å²) in [6.45, 7) is 3.06. The molecule has 1 rings (SSSR count). The van der Waals surface area contributed by atoms with Gasteiger partial charge in [0.05, 0.1) is 18.6 Å². The molecule has 1 aliphatic carbocycles. The predicted molar refractivity (Wildman–Crippen MR) is 70.9 cm³/mol. The van der Waals surface area contributed by atoms with Crippen LogP contribution in [0.2, 0.25) is 0 Å². The van der Waals surface area contributed by atoms with Gasteiger partial charge < -0.3 is 20.5 Å². The first-order valence-electron chi connectivity index (χ1n) is 6.73. The lowest BCUT2D eigenvalue weighted by Crippen LogP contribution is -2.53. The van der Waals surface area contributed by atoms with E-state index in [4.69, 9.17) is 4.74 Å². The van der Waals surface area contributed by atoms with Crippen molar-refractivity contribution in [3.05, 3.63) is 0 Å². The monoisotopic (exact) mass is 272 g/mol. The van der Waals surface area contributed by atoms with Gasteiger partial charge >= 0.3 is 5.97 Å². The van der Waals surface area contributed by atoms with Gasteiger partial charge in [-0.05, 0) is 19.8 Å². The number of carbonyl (C=O) groups is 2. The summed E-state index contributed by atoms with van der Waals surface area (Å²) in [5.74, 6) is -0.986. The Kier molecular flexibility index (Phi) is 6.24. The standard InChI is InChI=1S/C13H24N2O4/c1-13(12(17)18)6-4-3-5-10(13)15-11(16)9-14-7-8-19-2/h10,14H,3-9H2,1-2H3,(H,15,16)(H,17,18). The molecule has 1 fully saturated rings. The summed E-state index contributed by atoms with van der Waals surface area (Å²) in [6, 6.07) is -0.282. The summed E-state index contributed by atoms with van der Waals surface area (Å²) >= 11 is 0. The molecule has 1 saturated carbocycles. The molecule has 0 aromatic rings. The molecule has 1 aliphatic rings. The molecule has 2 atom stereocenters. The zero-order valence-corrected chi connectivity index (χ0v) is 11.7. The number of carboxylic acids is 1. The first-order chi connectivity index (χ1) is 9.00. The third kappa shape index (κ3) is 4.47. The summed E-state index contributed by atoms with van der Waals surface area (Å²) in [5, 5.41) is 15.1. The van der Waals surface area contributed by atoms with Gasteiger partial charge in [0.15, 0.2) is 0 Å². The van der Waals surface area contributed by atoms with Gasteiger partial charge in [0, 0.05) is 19.7 Å². The van der Waals surface area contributed by atoms with Gasteiger partial charge in [-0.3, -0.25) is 9.59 Å². The van der Waals surface area contributed by atoms with E-state index in [2.05, 4.69) is 10.6 Å². The van der Waals surface area contributed by atoms with Crippen LogP contribution in [0.4, 0.5) is 0 Å². The fraction of sp³-hybridized carbons (Fsp3) is 0.846. The molecule has 0 spiro atoms. The molecule has 0 saturated heterocycles. The summed E-state index contributed by atoms with van der Waals surface area (Å²) in [5.41, 5.74) is -0.847. The van der Waals surface area contributed by atoms with Crippen molar-refractivity contribution in [3.63, 3.8) is 0 Å². The number of ether oxygens (including phenoxy) is 1. The van der Waals surface area contributed by atoms with Crippen LogP contribution in [0.3, 0.4) is 0 Å². The number of hydrogen-bond acceptors (Lipinski definition) is 4. The minimum absolute atomic E-state index is 0.157. The molecule has 0 aromatic heterocycles. The Morgan fingerprint density at radius 1 is 1.42 bits per heavy atom. The van der Waals surface area contributed by atoms with Gasteiger partial charge in [-0.15, -0.1) is 0 Å². The average molecular weight is 272 g/mol. The first kappa shape index (κ1) is 15.9. The number of carboxylic acid groups (broad SMARTS) is 1. The van der Waals surface area contributed by atoms with E-state index in [0.717, 1.165) is 19.3 Å². The predicted octanol–water partition coefficient (Wildman–Crippen LogP) is 0.372. The molecule has 0 aromatic carbocycles. The summed E-state index contributed by atoms with van der Waals surface area (Å²) in [4.78, 5) is 23.2. The van der Waals surface area contributed by atoms with Crippen molar-refractivity contribution < 1.29 is 19.4 Å². The topological polar surface area (TPSA) is 87.7 Å². The fourth-order valence-corrected chi connectivity index (χ4v) is 2.44. The molecule has 3 N–H and O–H groups in total. The Labute approximate surface area is 113 Å². The number of hydrogen-bond donors (Lipinski definition) is 3. The van der Waals surface area contributed by atoms with Gasteiger partial charge in [-0.1, -0.05) is 12.8 Å². The Morgan fingerprint density at radius 2 is 2.16 bits per heavy atom. The Hall–Kier alpha value is -1.14. The lowest BCUT2D eigenvalue weighted by molar-refractivity contribution is -0.152. The average Bonchev–Trinajstić information content (AvgIpc) is 2.37. The van der Waals surface area contributed by atoms with Crippen molar-refractivity contribution in [1.82, 2.24) is 10.6 Å². The zero-order chi connectivity index (χ0) is 14.3. The molecular weight excluding hydrogens is 248 g/mol. The fourth-order valence-electron chi connectivity index (χ4n) is 2.44. The van der Waals surface area contributed by atoms with Crippen LogP contribution in [0.1, 0.15) is 32.6 Å². The maximum absolute atomic E-state index is 11.8. The third-order valence-electron chi connectivity index (χ3n) is 3.80. The third-order valence-corrected chi connectivity index (χ3v) is 3.80. The van der Waals surface area contributed by atoms with Crippen molar-refractivity contribution in [2.75, 3.05) is 26.8 Å². The second-order valence-corrected chi connectivity index (χ2v) is 5.26. The van der Waals surface area contributed by atoms with Crippen LogP contribution in [0.25, 0.3) is 0 Å². The van der Waals surface area contributed by atoms with Crippen molar-refractivity contribution in [2.24, 2.45) is 5.41 Å². The Bertz CT molecular complexity index is 322. The lowest BCUT2D eigenvalue weighted by Gasteiger charge is -2.38. The highest BCUT2D eigenvalue weighted by Crippen LogP contribution is 2.36. The highest BCUT2D eigenvalue weighted by atomic mass is 16.5. The molecule has 6 nitrogen and oxygen atoms in total. The molecule has 110 valence electrons. The van der Waals surface area contributed by atoms with Gasteiger partial charge in [-0.25, -0.2) is 0 Å². The quantitative estimate of drug-likeness (QED) is 0.583. The molecule has 19 heavy (non-hydrogen) atoms. The highest BCUT2D eigenvalue weighted by molar-refractivity contribution is 5.81.